The van der Waals surface area contributed by atoms with Crippen molar-refractivity contribution >= 4 is 23.4 Å². The molecule has 0 unspecified atom stereocenters. The van der Waals surface area contributed by atoms with Gasteiger partial charge in [-0.05, 0) is 50.1 Å². The number of hydrogen-bond donors (Lipinski definition) is 1. The lowest BCUT2D eigenvalue weighted by atomic mass is 10.1. The SMILES string of the molecule is CCn1c(Cc2cccn2C)nnc1SCC(=O)Nc1cc(C)ccc1C. The van der Waals surface area contributed by atoms with E-state index < -0.39 is 0 Å². The molecule has 2 heterocycles. The van der Waals surface area contributed by atoms with Crippen LogP contribution in [0, 0.1) is 13.8 Å². The molecule has 0 fully saturated rings. The van der Waals surface area contributed by atoms with Crippen LogP contribution >= 0.6 is 11.8 Å². The van der Waals surface area contributed by atoms with E-state index in [2.05, 4.69) is 37.6 Å². The fourth-order valence-electron chi connectivity index (χ4n) is 2.90. The summed E-state index contributed by atoms with van der Waals surface area (Å²) in [6.45, 7) is 6.85. The highest BCUT2D eigenvalue weighted by molar-refractivity contribution is 7.99. The van der Waals surface area contributed by atoms with Gasteiger partial charge in [0.05, 0.1) is 5.75 Å². The van der Waals surface area contributed by atoms with Gasteiger partial charge in [-0.3, -0.25) is 4.79 Å². The van der Waals surface area contributed by atoms with Crippen LogP contribution in [0.3, 0.4) is 0 Å². The summed E-state index contributed by atoms with van der Waals surface area (Å²) in [6.07, 6.45) is 2.74. The first-order chi connectivity index (χ1) is 13.0. The molecule has 1 aromatic carbocycles. The second-order valence-corrected chi connectivity index (χ2v) is 7.53. The topological polar surface area (TPSA) is 64.7 Å². The number of benzene rings is 1. The lowest BCUT2D eigenvalue weighted by Crippen LogP contribution is -2.15. The normalized spacial score (nSPS) is 11.0. The van der Waals surface area contributed by atoms with Crippen LogP contribution in [0.1, 0.15) is 29.6 Å². The van der Waals surface area contributed by atoms with E-state index in [0.717, 1.165) is 40.8 Å². The molecular weight excluding hydrogens is 358 g/mol. The second kappa shape index (κ2) is 8.43. The first-order valence-corrected chi connectivity index (χ1v) is 9.98. The molecule has 1 N–H and O–H groups in total. The Kier molecular flexibility index (Phi) is 6.01. The Bertz CT molecular complexity index is 944. The molecule has 0 aliphatic heterocycles. The molecule has 7 heteroatoms. The minimum absolute atomic E-state index is 0.0386. The van der Waals surface area contributed by atoms with E-state index >= 15 is 0 Å². The standard InChI is InChI=1S/C20H25N5OS/c1-5-25-18(12-16-7-6-10-24(16)4)22-23-20(25)27-13-19(26)21-17-11-14(2)8-9-15(17)3/h6-11H,5,12-13H2,1-4H3,(H,21,26). The number of rotatable bonds is 7. The third-order valence-electron chi connectivity index (χ3n) is 4.50. The molecular formula is C20H25N5OS. The molecule has 0 aliphatic carbocycles. The van der Waals surface area contributed by atoms with Crippen molar-refractivity contribution in [2.24, 2.45) is 7.05 Å². The molecule has 3 rings (SSSR count). The third-order valence-corrected chi connectivity index (χ3v) is 5.47. The van der Waals surface area contributed by atoms with E-state index in [0.29, 0.717) is 5.75 Å². The number of aromatic nitrogens is 4. The van der Waals surface area contributed by atoms with Crippen LogP contribution in [0.4, 0.5) is 5.69 Å². The Balaban J connectivity index is 1.64. The largest absolute Gasteiger partial charge is 0.354 e. The predicted octanol–water partition coefficient (Wildman–Crippen LogP) is 3.57. The van der Waals surface area contributed by atoms with Crippen molar-refractivity contribution in [3.8, 4) is 0 Å². The van der Waals surface area contributed by atoms with Crippen LogP contribution in [0.2, 0.25) is 0 Å². The molecule has 0 saturated carbocycles. The van der Waals surface area contributed by atoms with Gasteiger partial charge in [-0.1, -0.05) is 23.9 Å². The Morgan fingerprint density at radius 2 is 2.04 bits per heavy atom. The van der Waals surface area contributed by atoms with E-state index in [1.165, 1.54) is 17.5 Å². The summed E-state index contributed by atoms with van der Waals surface area (Å²) >= 11 is 1.42. The fraction of sp³-hybridized carbons (Fsp3) is 0.350. The molecule has 27 heavy (non-hydrogen) atoms. The van der Waals surface area contributed by atoms with Crippen molar-refractivity contribution in [3.63, 3.8) is 0 Å². The van der Waals surface area contributed by atoms with Gasteiger partial charge in [-0.15, -0.1) is 10.2 Å². The number of anilines is 1. The summed E-state index contributed by atoms with van der Waals surface area (Å²) in [5.74, 6) is 1.18. The third kappa shape index (κ3) is 4.60. The Morgan fingerprint density at radius 1 is 1.22 bits per heavy atom. The summed E-state index contributed by atoms with van der Waals surface area (Å²) in [4.78, 5) is 12.4. The molecule has 0 atom stereocenters. The maximum absolute atomic E-state index is 12.4. The van der Waals surface area contributed by atoms with Crippen molar-refractivity contribution in [3.05, 3.63) is 59.2 Å². The number of hydrogen-bond acceptors (Lipinski definition) is 4. The number of carbonyl (C=O) groups excluding carboxylic acids is 1. The lowest BCUT2D eigenvalue weighted by Gasteiger charge is -2.10. The minimum atomic E-state index is -0.0386. The summed E-state index contributed by atoms with van der Waals surface area (Å²) in [5.41, 5.74) is 4.23. The van der Waals surface area contributed by atoms with Crippen molar-refractivity contribution in [1.29, 1.82) is 0 Å². The zero-order chi connectivity index (χ0) is 19.4. The van der Waals surface area contributed by atoms with Crippen LogP contribution < -0.4 is 5.32 Å². The first kappa shape index (κ1) is 19.2. The molecule has 3 aromatic rings. The van der Waals surface area contributed by atoms with Gasteiger partial charge in [-0.2, -0.15) is 0 Å². The molecule has 0 aliphatic rings. The second-order valence-electron chi connectivity index (χ2n) is 6.59. The number of carbonyl (C=O) groups is 1. The highest BCUT2D eigenvalue weighted by Crippen LogP contribution is 2.21. The van der Waals surface area contributed by atoms with E-state index in [-0.39, 0.29) is 5.91 Å². The maximum Gasteiger partial charge on any atom is 0.234 e. The quantitative estimate of drug-likeness (QED) is 0.634. The van der Waals surface area contributed by atoms with E-state index in [1.54, 1.807) is 0 Å². The number of nitrogens with one attached hydrogen (secondary N) is 1. The minimum Gasteiger partial charge on any atom is -0.354 e. The van der Waals surface area contributed by atoms with Crippen molar-refractivity contribution in [2.45, 2.75) is 38.9 Å². The monoisotopic (exact) mass is 383 g/mol. The van der Waals surface area contributed by atoms with E-state index in [1.807, 2.05) is 51.4 Å². The molecule has 1 amide bonds. The summed E-state index contributed by atoms with van der Waals surface area (Å²) in [6, 6.07) is 10.2. The summed E-state index contributed by atoms with van der Waals surface area (Å²) in [5, 5.41) is 12.4. The van der Waals surface area contributed by atoms with E-state index in [9.17, 15) is 4.79 Å². The molecule has 0 spiro atoms. The molecule has 0 saturated heterocycles. The summed E-state index contributed by atoms with van der Waals surface area (Å²) in [7, 11) is 2.02. The highest BCUT2D eigenvalue weighted by Gasteiger charge is 2.15. The average Bonchev–Trinajstić information content (AvgIpc) is 3.22. The number of thioether (sulfide) groups is 1. The van der Waals surface area contributed by atoms with Crippen molar-refractivity contribution in [2.75, 3.05) is 11.1 Å². The van der Waals surface area contributed by atoms with Gasteiger partial charge in [0.25, 0.3) is 0 Å². The number of amides is 1. The molecule has 142 valence electrons. The molecule has 2 aromatic heterocycles. The zero-order valence-corrected chi connectivity index (χ0v) is 17.0. The predicted molar refractivity (Wildman–Crippen MR) is 109 cm³/mol. The first-order valence-electron chi connectivity index (χ1n) is 9.00. The van der Waals surface area contributed by atoms with E-state index in [4.69, 9.17) is 0 Å². The van der Waals surface area contributed by atoms with Crippen LogP contribution in [0.5, 0.6) is 0 Å². The zero-order valence-electron chi connectivity index (χ0n) is 16.2. The van der Waals surface area contributed by atoms with Gasteiger partial charge in [0.2, 0.25) is 5.91 Å². The number of aryl methyl sites for hydroxylation is 3. The van der Waals surface area contributed by atoms with Gasteiger partial charge >= 0.3 is 0 Å². The van der Waals surface area contributed by atoms with Crippen LogP contribution in [0.25, 0.3) is 0 Å². The highest BCUT2D eigenvalue weighted by atomic mass is 32.2. The maximum atomic E-state index is 12.4. The lowest BCUT2D eigenvalue weighted by molar-refractivity contribution is -0.113. The average molecular weight is 384 g/mol. The van der Waals surface area contributed by atoms with Gasteiger partial charge in [0, 0.05) is 37.6 Å². The van der Waals surface area contributed by atoms with Crippen molar-refractivity contribution in [1.82, 2.24) is 19.3 Å². The van der Waals surface area contributed by atoms with Crippen LogP contribution in [-0.4, -0.2) is 31.0 Å². The van der Waals surface area contributed by atoms with Crippen LogP contribution in [-0.2, 0) is 24.8 Å². The van der Waals surface area contributed by atoms with Gasteiger partial charge in [0.1, 0.15) is 5.82 Å². The molecule has 6 nitrogen and oxygen atoms in total. The van der Waals surface area contributed by atoms with Gasteiger partial charge in [0.15, 0.2) is 5.16 Å². The van der Waals surface area contributed by atoms with Gasteiger partial charge < -0.3 is 14.5 Å². The smallest absolute Gasteiger partial charge is 0.234 e. The Morgan fingerprint density at radius 3 is 2.74 bits per heavy atom. The molecule has 0 bridgehead atoms. The fourth-order valence-corrected chi connectivity index (χ4v) is 3.72. The number of nitrogens with zero attached hydrogens (tertiary/aromatic N) is 4. The summed E-state index contributed by atoms with van der Waals surface area (Å²) < 4.78 is 4.15. The Labute approximate surface area is 164 Å². The van der Waals surface area contributed by atoms with Crippen LogP contribution in [0.15, 0.2) is 41.7 Å². The van der Waals surface area contributed by atoms with Gasteiger partial charge in [-0.25, -0.2) is 0 Å². The molecule has 0 radical (unpaired) electrons. The van der Waals surface area contributed by atoms with Crippen molar-refractivity contribution < 1.29 is 4.79 Å². The Hall–Kier alpha value is -2.54.